The van der Waals surface area contributed by atoms with Crippen molar-refractivity contribution in [3.63, 3.8) is 0 Å². The van der Waals surface area contributed by atoms with E-state index in [9.17, 15) is 9.59 Å². The molecule has 96 valence electrons. The molecule has 0 amide bonds. The fraction of sp³-hybridized carbons (Fsp3) is 0.167. The maximum atomic E-state index is 11.0. The van der Waals surface area contributed by atoms with Crippen LogP contribution in [-0.4, -0.2) is 28.2 Å². The lowest BCUT2D eigenvalue weighted by Gasteiger charge is -2.07. The molecule has 0 bridgehead atoms. The van der Waals surface area contributed by atoms with Gasteiger partial charge in [-0.2, -0.15) is 0 Å². The van der Waals surface area contributed by atoms with E-state index in [2.05, 4.69) is 0 Å². The SMILES string of the molecule is N[C@@H](C/C(=C/c1ccc(Cl)cc1)C(=O)O)C(=O)O. The van der Waals surface area contributed by atoms with Crippen molar-refractivity contribution in [2.45, 2.75) is 12.5 Å². The third kappa shape index (κ3) is 4.20. The van der Waals surface area contributed by atoms with E-state index in [0.29, 0.717) is 10.6 Å². The molecule has 1 rings (SSSR count). The van der Waals surface area contributed by atoms with Crippen molar-refractivity contribution in [2.24, 2.45) is 5.73 Å². The quantitative estimate of drug-likeness (QED) is 0.705. The molecule has 0 radical (unpaired) electrons. The Hall–Kier alpha value is -1.85. The molecule has 1 atom stereocenters. The third-order valence-electron chi connectivity index (χ3n) is 2.24. The lowest BCUT2D eigenvalue weighted by Crippen LogP contribution is -2.31. The Morgan fingerprint density at radius 3 is 2.28 bits per heavy atom. The number of carboxylic acid groups (broad SMARTS) is 2. The minimum Gasteiger partial charge on any atom is -0.480 e. The molecule has 0 heterocycles. The zero-order valence-electron chi connectivity index (χ0n) is 9.34. The molecule has 4 N–H and O–H groups in total. The molecule has 0 aliphatic carbocycles. The summed E-state index contributed by atoms with van der Waals surface area (Å²) in [6.07, 6.45) is 1.13. The van der Waals surface area contributed by atoms with Crippen LogP contribution in [0.5, 0.6) is 0 Å². The summed E-state index contributed by atoms with van der Waals surface area (Å²) in [5.74, 6) is -2.43. The van der Waals surface area contributed by atoms with Crippen LogP contribution >= 0.6 is 11.6 Å². The number of benzene rings is 1. The zero-order chi connectivity index (χ0) is 13.7. The van der Waals surface area contributed by atoms with Gasteiger partial charge in [0.25, 0.3) is 0 Å². The predicted molar refractivity (Wildman–Crippen MR) is 67.3 cm³/mol. The molecule has 0 aliphatic rings. The van der Waals surface area contributed by atoms with Crippen LogP contribution in [0.1, 0.15) is 12.0 Å². The van der Waals surface area contributed by atoms with Gasteiger partial charge in [0.15, 0.2) is 0 Å². The number of aliphatic carboxylic acids is 2. The molecule has 6 heteroatoms. The molecule has 0 aromatic heterocycles. The second-order valence-electron chi connectivity index (χ2n) is 3.68. The maximum Gasteiger partial charge on any atom is 0.331 e. The molecule has 0 aliphatic heterocycles. The van der Waals surface area contributed by atoms with Gasteiger partial charge >= 0.3 is 11.9 Å². The highest BCUT2D eigenvalue weighted by Crippen LogP contribution is 2.15. The minimum atomic E-state index is -1.24. The van der Waals surface area contributed by atoms with Gasteiger partial charge in [-0.1, -0.05) is 23.7 Å². The summed E-state index contributed by atoms with van der Waals surface area (Å²) in [4.78, 5) is 21.6. The van der Waals surface area contributed by atoms with E-state index in [1.165, 1.54) is 6.08 Å². The van der Waals surface area contributed by atoms with Crippen molar-refractivity contribution in [3.8, 4) is 0 Å². The van der Waals surface area contributed by atoms with E-state index in [0.717, 1.165) is 0 Å². The van der Waals surface area contributed by atoms with E-state index < -0.39 is 18.0 Å². The first-order chi connectivity index (χ1) is 8.40. The number of hydrogen-bond donors (Lipinski definition) is 3. The maximum absolute atomic E-state index is 11.0. The number of carbonyl (C=O) groups is 2. The summed E-state index contributed by atoms with van der Waals surface area (Å²) < 4.78 is 0. The van der Waals surface area contributed by atoms with Gasteiger partial charge in [0.1, 0.15) is 6.04 Å². The average Bonchev–Trinajstić information content (AvgIpc) is 2.30. The van der Waals surface area contributed by atoms with Gasteiger partial charge in [-0.05, 0) is 23.8 Å². The summed E-state index contributed by atoms with van der Waals surface area (Å²) in [5, 5.41) is 18.2. The summed E-state index contributed by atoms with van der Waals surface area (Å²) >= 11 is 5.70. The smallest absolute Gasteiger partial charge is 0.331 e. The molecule has 0 saturated carbocycles. The Balaban J connectivity index is 2.94. The second kappa shape index (κ2) is 6.18. The first-order valence-corrected chi connectivity index (χ1v) is 5.45. The van der Waals surface area contributed by atoms with Gasteiger partial charge in [0.2, 0.25) is 0 Å². The van der Waals surface area contributed by atoms with E-state index >= 15 is 0 Å². The summed E-state index contributed by atoms with van der Waals surface area (Å²) in [5.41, 5.74) is 5.87. The van der Waals surface area contributed by atoms with Crippen molar-refractivity contribution in [1.82, 2.24) is 0 Å². The standard InChI is InChI=1S/C12H12ClNO4/c13-9-3-1-7(2-4-9)5-8(11(15)16)6-10(14)12(17)18/h1-5,10H,6,14H2,(H,15,16)(H,17,18)/b8-5-/t10-/m0/s1. The molecule has 18 heavy (non-hydrogen) atoms. The molecule has 0 fully saturated rings. The Morgan fingerprint density at radius 1 is 1.28 bits per heavy atom. The van der Waals surface area contributed by atoms with Crippen molar-refractivity contribution >= 4 is 29.6 Å². The van der Waals surface area contributed by atoms with Crippen molar-refractivity contribution in [1.29, 1.82) is 0 Å². The number of hydrogen-bond acceptors (Lipinski definition) is 3. The monoisotopic (exact) mass is 269 g/mol. The third-order valence-corrected chi connectivity index (χ3v) is 2.49. The summed E-state index contributed by atoms with van der Waals surface area (Å²) in [6.45, 7) is 0. The Labute approximate surface area is 108 Å². The average molecular weight is 270 g/mol. The topological polar surface area (TPSA) is 101 Å². The minimum absolute atomic E-state index is 0.0628. The van der Waals surface area contributed by atoms with Crippen LogP contribution in [0.2, 0.25) is 5.02 Å². The number of carboxylic acids is 2. The Kier molecular flexibility index (Phi) is 4.88. The molecular formula is C12H12ClNO4. The van der Waals surface area contributed by atoms with Crippen molar-refractivity contribution < 1.29 is 19.8 Å². The van der Waals surface area contributed by atoms with Gasteiger partial charge in [0, 0.05) is 17.0 Å². The molecule has 1 aromatic rings. The molecule has 0 spiro atoms. The van der Waals surface area contributed by atoms with Gasteiger partial charge in [-0.15, -0.1) is 0 Å². The van der Waals surface area contributed by atoms with Crippen LogP contribution < -0.4 is 5.73 Å². The first kappa shape index (κ1) is 14.2. The fourth-order valence-corrected chi connectivity index (χ4v) is 1.42. The Bertz CT molecular complexity index is 481. The Morgan fingerprint density at radius 2 is 1.83 bits per heavy atom. The largest absolute Gasteiger partial charge is 0.480 e. The highest BCUT2D eigenvalue weighted by molar-refractivity contribution is 6.30. The molecular weight excluding hydrogens is 258 g/mol. The lowest BCUT2D eigenvalue weighted by molar-refractivity contribution is -0.138. The second-order valence-corrected chi connectivity index (χ2v) is 4.11. The van der Waals surface area contributed by atoms with Crippen molar-refractivity contribution in [2.75, 3.05) is 0 Å². The predicted octanol–water partition coefficient (Wildman–Crippen LogP) is 1.61. The highest BCUT2D eigenvalue weighted by atomic mass is 35.5. The van der Waals surface area contributed by atoms with Crippen molar-refractivity contribution in [3.05, 3.63) is 40.4 Å². The summed E-state index contributed by atoms with van der Waals surface area (Å²) in [7, 11) is 0. The summed E-state index contributed by atoms with van der Waals surface area (Å²) in [6, 6.07) is 5.27. The molecule has 0 saturated heterocycles. The van der Waals surface area contributed by atoms with Gasteiger partial charge < -0.3 is 15.9 Å². The van der Waals surface area contributed by atoms with E-state index in [4.69, 9.17) is 27.5 Å². The number of rotatable bonds is 5. The molecule has 1 aromatic carbocycles. The van der Waals surface area contributed by atoms with Crippen LogP contribution in [0.4, 0.5) is 0 Å². The number of halogens is 1. The fourth-order valence-electron chi connectivity index (χ4n) is 1.29. The first-order valence-electron chi connectivity index (χ1n) is 5.08. The highest BCUT2D eigenvalue weighted by Gasteiger charge is 2.17. The van der Waals surface area contributed by atoms with Crippen LogP contribution in [0, 0.1) is 0 Å². The van der Waals surface area contributed by atoms with Gasteiger partial charge in [0.05, 0.1) is 0 Å². The zero-order valence-corrected chi connectivity index (χ0v) is 10.1. The van der Waals surface area contributed by atoms with E-state index in [-0.39, 0.29) is 12.0 Å². The lowest BCUT2D eigenvalue weighted by atomic mass is 10.0. The van der Waals surface area contributed by atoms with Crippen LogP contribution in [-0.2, 0) is 9.59 Å². The molecule has 5 nitrogen and oxygen atoms in total. The molecule has 0 unspecified atom stereocenters. The van der Waals surface area contributed by atoms with Crippen LogP contribution in [0.15, 0.2) is 29.8 Å². The normalized spacial score (nSPS) is 13.1. The van der Waals surface area contributed by atoms with E-state index in [1.54, 1.807) is 24.3 Å². The number of nitrogens with two attached hydrogens (primary N) is 1. The van der Waals surface area contributed by atoms with Gasteiger partial charge in [-0.25, -0.2) is 4.79 Å². The van der Waals surface area contributed by atoms with Crippen LogP contribution in [0.25, 0.3) is 6.08 Å². The van der Waals surface area contributed by atoms with Crippen LogP contribution in [0.3, 0.4) is 0 Å². The van der Waals surface area contributed by atoms with Gasteiger partial charge in [-0.3, -0.25) is 4.79 Å². The van der Waals surface area contributed by atoms with E-state index in [1.807, 2.05) is 0 Å².